The normalized spacial score (nSPS) is 12.5. The topological polar surface area (TPSA) is 64.4 Å². The van der Waals surface area contributed by atoms with Crippen molar-refractivity contribution in [3.05, 3.63) is 40.4 Å². The predicted octanol–water partition coefficient (Wildman–Crippen LogP) is 4.95. The molecule has 172 valence electrons. The van der Waals surface area contributed by atoms with Crippen molar-refractivity contribution in [1.29, 1.82) is 0 Å². The number of carbonyl (C=O) groups is 1. The molecule has 1 aromatic heterocycles. The Labute approximate surface area is 186 Å². The van der Waals surface area contributed by atoms with Gasteiger partial charge in [0.25, 0.3) is 5.56 Å². The number of hydrogen-bond donors (Lipinski definition) is 0. The van der Waals surface area contributed by atoms with Crippen LogP contribution in [0.3, 0.4) is 0 Å². The molecular formula is C25H39N3O3. The molecule has 0 aliphatic heterocycles. The highest BCUT2D eigenvalue weighted by Crippen LogP contribution is 2.26. The van der Waals surface area contributed by atoms with E-state index in [4.69, 9.17) is 9.72 Å². The third-order valence-corrected chi connectivity index (χ3v) is 5.60. The van der Waals surface area contributed by atoms with Gasteiger partial charge in [0.05, 0.1) is 30.1 Å². The van der Waals surface area contributed by atoms with Crippen molar-refractivity contribution < 1.29 is 9.53 Å². The van der Waals surface area contributed by atoms with Crippen LogP contribution < -0.4 is 5.56 Å². The molecule has 2 aromatic rings. The molecule has 0 saturated heterocycles. The highest BCUT2D eigenvalue weighted by Gasteiger charge is 2.28. The Kier molecular flexibility index (Phi) is 10.2. The smallest absolute Gasteiger partial charge is 0.261 e. The fourth-order valence-electron chi connectivity index (χ4n) is 4.02. The van der Waals surface area contributed by atoms with Gasteiger partial charge >= 0.3 is 0 Å². The van der Waals surface area contributed by atoms with Gasteiger partial charge in [-0.15, -0.1) is 0 Å². The Morgan fingerprint density at radius 1 is 1.16 bits per heavy atom. The van der Waals surface area contributed by atoms with Gasteiger partial charge in [0.15, 0.2) is 0 Å². The van der Waals surface area contributed by atoms with Crippen molar-refractivity contribution >= 4 is 16.8 Å². The lowest BCUT2D eigenvalue weighted by Crippen LogP contribution is -2.41. The second-order valence-electron chi connectivity index (χ2n) is 8.61. The number of rotatable bonds is 13. The Bertz CT molecular complexity index is 891. The molecule has 0 fully saturated rings. The summed E-state index contributed by atoms with van der Waals surface area (Å²) in [6.45, 7) is 9.96. The van der Waals surface area contributed by atoms with Gasteiger partial charge in [-0.2, -0.15) is 0 Å². The molecule has 0 saturated carbocycles. The number of amides is 1. The summed E-state index contributed by atoms with van der Waals surface area (Å²) < 4.78 is 6.97. The van der Waals surface area contributed by atoms with Crippen LogP contribution in [0.4, 0.5) is 0 Å². The minimum absolute atomic E-state index is 0.0732. The number of ether oxygens (including phenoxy) is 1. The van der Waals surface area contributed by atoms with E-state index >= 15 is 0 Å². The quantitative estimate of drug-likeness (QED) is 0.423. The van der Waals surface area contributed by atoms with E-state index in [-0.39, 0.29) is 17.5 Å². The number of hydrogen-bond acceptors (Lipinski definition) is 4. The van der Waals surface area contributed by atoms with E-state index in [0.717, 1.165) is 25.7 Å². The Morgan fingerprint density at radius 3 is 2.55 bits per heavy atom. The summed E-state index contributed by atoms with van der Waals surface area (Å²) in [6.07, 6.45) is 5.51. The molecule has 1 heterocycles. The first-order valence-electron chi connectivity index (χ1n) is 11.7. The molecule has 6 heteroatoms. The van der Waals surface area contributed by atoms with Gasteiger partial charge in [0, 0.05) is 20.1 Å². The fourth-order valence-corrected chi connectivity index (χ4v) is 4.02. The van der Waals surface area contributed by atoms with Crippen molar-refractivity contribution in [3.8, 4) is 0 Å². The molecule has 1 amide bonds. The number of aromatic nitrogens is 2. The zero-order valence-corrected chi connectivity index (χ0v) is 19.9. The van der Waals surface area contributed by atoms with E-state index in [0.29, 0.717) is 55.2 Å². The van der Waals surface area contributed by atoms with Crippen LogP contribution in [-0.4, -0.2) is 40.6 Å². The average molecular weight is 430 g/mol. The Balaban J connectivity index is 2.50. The van der Waals surface area contributed by atoms with Gasteiger partial charge in [0.2, 0.25) is 5.91 Å². The number of benzene rings is 1. The third-order valence-electron chi connectivity index (χ3n) is 5.60. The van der Waals surface area contributed by atoms with Crippen molar-refractivity contribution in [2.24, 2.45) is 5.92 Å². The monoisotopic (exact) mass is 429 g/mol. The standard InChI is InChI=1S/C25H39N3O3/c1-6-8-9-10-15-23(29)28(18-19(3)4)22(7-2)24-26-21-14-12-11-13-20(21)25(30)27(24)16-17-31-5/h11-14,19,22H,6-10,15-18H2,1-5H3. The minimum atomic E-state index is -0.241. The maximum absolute atomic E-state index is 13.3. The van der Waals surface area contributed by atoms with Crippen LogP contribution in [0.2, 0.25) is 0 Å². The van der Waals surface area contributed by atoms with Crippen LogP contribution in [0.25, 0.3) is 10.9 Å². The number of nitrogens with zero attached hydrogens (tertiary/aromatic N) is 3. The van der Waals surface area contributed by atoms with Crippen LogP contribution in [0, 0.1) is 5.92 Å². The zero-order chi connectivity index (χ0) is 22.8. The van der Waals surface area contributed by atoms with Crippen LogP contribution in [0.15, 0.2) is 29.1 Å². The summed E-state index contributed by atoms with van der Waals surface area (Å²) >= 11 is 0. The van der Waals surface area contributed by atoms with E-state index < -0.39 is 0 Å². The van der Waals surface area contributed by atoms with Gasteiger partial charge in [-0.1, -0.05) is 59.1 Å². The van der Waals surface area contributed by atoms with Crippen LogP contribution >= 0.6 is 0 Å². The first kappa shape index (κ1) is 25.1. The van der Waals surface area contributed by atoms with Gasteiger partial charge < -0.3 is 9.64 Å². The first-order chi connectivity index (χ1) is 14.9. The summed E-state index contributed by atoms with van der Waals surface area (Å²) in [5, 5.41) is 0.596. The largest absolute Gasteiger partial charge is 0.383 e. The number of fused-ring (bicyclic) bond motifs is 1. The SMILES string of the molecule is CCCCCCC(=O)N(CC(C)C)C(CC)c1nc2ccccc2c(=O)n1CCOC. The lowest BCUT2D eigenvalue weighted by atomic mass is 10.1. The summed E-state index contributed by atoms with van der Waals surface area (Å²) in [6, 6.07) is 7.18. The summed E-state index contributed by atoms with van der Waals surface area (Å²) in [4.78, 5) is 33.4. The van der Waals surface area contributed by atoms with Crippen LogP contribution in [-0.2, 0) is 16.1 Å². The zero-order valence-electron chi connectivity index (χ0n) is 19.9. The van der Waals surface area contributed by atoms with E-state index in [1.165, 1.54) is 0 Å². The number of unbranched alkanes of at least 4 members (excludes halogenated alkanes) is 3. The van der Waals surface area contributed by atoms with Gasteiger partial charge in [-0.05, 0) is 30.9 Å². The van der Waals surface area contributed by atoms with Gasteiger partial charge in [-0.3, -0.25) is 14.2 Å². The molecule has 6 nitrogen and oxygen atoms in total. The highest BCUT2D eigenvalue weighted by molar-refractivity contribution is 5.78. The molecule has 1 atom stereocenters. The number of para-hydroxylation sites is 1. The summed E-state index contributed by atoms with van der Waals surface area (Å²) in [5.41, 5.74) is 0.602. The molecule has 0 spiro atoms. The van der Waals surface area contributed by atoms with E-state index in [1.54, 1.807) is 11.7 Å². The van der Waals surface area contributed by atoms with E-state index in [2.05, 4.69) is 27.7 Å². The Hall–Kier alpha value is -2.21. The molecule has 1 aromatic carbocycles. The van der Waals surface area contributed by atoms with Gasteiger partial charge in [-0.25, -0.2) is 4.98 Å². The maximum atomic E-state index is 13.3. The second-order valence-corrected chi connectivity index (χ2v) is 8.61. The molecule has 0 radical (unpaired) electrons. The van der Waals surface area contributed by atoms with Crippen molar-refractivity contribution in [2.45, 2.75) is 78.8 Å². The Morgan fingerprint density at radius 2 is 1.90 bits per heavy atom. The van der Waals surface area contributed by atoms with Crippen LogP contribution in [0.5, 0.6) is 0 Å². The molecule has 31 heavy (non-hydrogen) atoms. The molecule has 0 bridgehead atoms. The van der Waals surface area contributed by atoms with E-state index in [9.17, 15) is 9.59 Å². The molecule has 0 N–H and O–H groups in total. The molecule has 0 aliphatic carbocycles. The van der Waals surface area contributed by atoms with Gasteiger partial charge in [0.1, 0.15) is 5.82 Å². The predicted molar refractivity (Wildman–Crippen MR) is 126 cm³/mol. The highest BCUT2D eigenvalue weighted by atomic mass is 16.5. The molecule has 2 rings (SSSR count). The second kappa shape index (κ2) is 12.6. The minimum Gasteiger partial charge on any atom is -0.383 e. The summed E-state index contributed by atoms with van der Waals surface area (Å²) in [5.74, 6) is 1.14. The van der Waals surface area contributed by atoms with Crippen molar-refractivity contribution in [1.82, 2.24) is 14.5 Å². The van der Waals surface area contributed by atoms with Crippen LogP contribution in [0.1, 0.15) is 78.1 Å². The fraction of sp³-hybridized carbons (Fsp3) is 0.640. The van der Waals surface area contributed by atoms with E-state index in [1.807, 2.05) is 29.2 Å². The lowest BCUT2D eigenvalue weighted by molar-refractivity contribution is -0.134. The number of methoxy groups -OCH3 is 1. The molecule has 1 unspecified atom stereocenters. The first-order valence-corrected chi connectivity index (χ1v) is 11.7. The van der Waals surface area contributed by atoms with Crippen molar-refractivity contribution in [3.63, 3.8) is 0 Å². The number of carbonyl (C=O) groups excluding carboxylic acids is 1. The lowest BCUT2D eigenvalue weighted by Gasteiger charge is -2.33. The molecule has 0 aliphatic rings. The molecular weight excluding hydrogens is 390 g/mol. The van der Waals surface area contributed by atoms with Crippen molar-refractivity contribution in [2.75, 3.05) is 20.3 Å². The maximum Gasteiger partial charge on any atom is 0.261 e. The average Bonchev–Trinajstić information content (AvgIpc) is 2.76. The summed E-state index contributed by atoms with van der Waals surface area (Å²) in [7, 11) is 1.63. The third kappa shape index (κ3) is 6.63.